The number of fused-ring (bicyclic) bond motifs is 1. The number of nitrogens with zero attached hydrogens (tertiary/aromatic N) is 4. The van der Waals surface area contributed by atoms with Crippen molar-refractivity contribution in [1.82, 2.24) is 14.4 Å². The molecule has 0 amide bonds. The summed E-state index contributed by atoms with van der Waals surface area (Å²) in [5.41, 5.74) is 0.935. The van der Waals surface area contributed by atoms with E-state index in [9.17, 15) is 0 Å². The standard InChI is InChI=1S/C13H19N5S/c1-9-6-18(7-10(2)19-9)13-12-15-4-5-17(12)8-11(14-3)16-13/h4-5,8-10,14H,6-7H2,1-3H3. The summed E-state index contributed by atoms with van der Waals surface area (Å²) >= 11 is 2.04. The van der Waals surface area contributed by atoms with E-state index in [2.05, 4.69) is 29.0 Å². The summed E-state index contributed by atoms with van der Waals surface area (Å²) in [6, 6.07) is 0. The van der Waals surface area contributed by atoms with Gasteiger partial charge in [0.25, 0.3) is 0 Å². The lowest BCUT2D eigenvalue weighted by Gasteiger charge is -2.35. The van der Waals surface area contributed by atoms with Crippen LogP contribution >= 0.6 is 11.8 Å². The van der Waals surface area contributed by atoms with E-state index >= 15 is 0 Å². The van der Waals surface area contributed by atoms with Crippen LogP contribution in [0.15, 0.2) is 18.6 Å². The zero-order valence-electron chi connectivity index (χ0n) is 11.5. The average molecular weight is 277 g/mol. The van der Waals surface area contributed by atoms with Crippen molar-refractivity contribution in [2.75, 3.05) is 30.4 Å². The molecule has 0 aromatic carbocycles. The fourth-order valence-corrected chi connectivity index (χ4v) is 3.92. The van der Waals surface area contributed by atoms with Crippen molar-refractivity contribution in [3.8, 4) is 0 Å². The molecular weight excluding hydrogens is 258 g/mol. The van der Waals surface area contributed by atoms with E-state index in [-0.39, 0.29) is 0 Å². The van der Waals surface area contributed by atoms with Gasteiger partial charge in [-0.3, -0.25) is 0 Å². The van der Waals surface area contributed by atoms with E-state index in [1.807, 2.05) is 41.8 Å². The van der Waals surface area contributed by atoms with Gasteiger partial charge in [-0.25, -0.2) is 9.97 Å². The van der Waals surface area contributed by atoms with Crippen LogP contribution in [0.5, 0.6) is 0 Å². The highest BCUT2D eigenvalue weighted by molar-refractivity contribution is 8.00. The fraction of sp³-hybridized carbons (Fsp3) is 0.538. The largest absolute Gasteiger partial charge is 0.372 e. The van der Waals surface area contributed by atoms with E-state index in [0.29, 0.717) is 10.5 Å². The Hall–Kier alpha value is -1.43. The Balaban J connectivity index is 2.05. The van der Waals surface area contributed by atoms with Gasteiger partial charge in [0.15, 0.2) is 11.5 Å². The first kappa shape index (κ1) is 12.6. The summed E-state index contributed by atoms with van der Waals surface area (Å²) < 4.78 is 2.03. The Bertz CT molecular complexity index is 571. The molecule has 102 valence electrons. The second-order valence-corrected chi connectivity index (χ2v) is 6.90. The molecule has 5 nitrogen and oxygen atoms in total. The molecule has 1 aliphatic rings. The highest BCUT2D eigenvalue weighted by Crippen LogP contribution is 2.30. The number of nitrogens with one attached hydrogen (secondary N) is 1. The van der Waals surface area contributed by atoms with E-state index in [1.54, 1.807) is 0 Å². The predicted molar refractivity (Wildman–Crippen MR) is 81.3 cm³/mol. The van der Waals surface area contributed by atoms with Crippen molar-refractivity contribution in [2.24, 2.45) is 0 Å². The lowest BCUT2D eigenvalue weighted by Crippen LogP contribution is -2.41. The highest BCUT2D eigenvalue weighted by atomic mass is 32.2. The van der Waals surface area contributed by atoms with Crippen LogP contribution in [-0.2, 0) is 0 Å². The van der Waals surface area contributed by atoms with Crippen LogP contribution in [0.1, 0.15) is 13.8 Å². The van der Waals surface area contributed by atoms with Gasteiger partial charge in [0.05, 0.1) is 6.20 Å². The van der Waals surface area contributed by atoms with Gasteiger partial charge >= 0.3 is 0 Å². The summed E-state index contributed by atoms with van der Waals surface area (Å²) in [6.07, 6.45) is 5.76. The number of hydrogen-bond donors (Lipinski definition) is 1. The quantitative estimate of drug-likeness (QED) is 0.911. The van der Waals surface area contributed by atoms with Gasteiger partial charge in [0, 0.05) is 43.0 Å². The van der Waals surface area contributed by atoms with Crippen LogP contribution in [0, 0.1) is 0 Å². The van der Waals surface area contributed by atoms with E-state index in [4.69, 9.17) is 4.98 Å². The van der Waals surface area contributed by atoms with E-state index in [0.717, 1.165) is 30.4 Å². The first-order chi connectivity index (χ1) is 9.17. The number of anilines is 2. The molecule has 1 fully saturated rings. The second kappa shape index (κ2) is 4.92. The SMILES string of the molecule is CNc1cn2ccnc2c(N2CC(C)SC(C)C2)n1. The first-order valence-electron chi connectivity index (χ1n) is 6.59. The highest BCUT2D eigenvalue weighted by Gasteiger charge is 2.25. The number of aromatic nitrogens is 3. The summed E-state index contributed by atoms with van der Waals surface area (Å²) in [7, 11) is 1.90. The number of imidazole rings is 1. The predicted octanol–water partition coefficient (Wildman–Crippen LogP) is 2.10. The summed E-state index contributed by atoms with van der Waals surface area (Å²) in [6.45, 7) is 6.60. The van der Waals surface area contributed by atoms with Gasteiger partial charge in [-0.15, -0.1) is 0 Å². The van der Waals surface area contributed by atoms with Gasteiger partial charge in [0.2, 0.25) is 0 Å². The van der Waals surface area contributed by atoms with E-state index in [1.165, 1.54) is 0 Å². The van der Waals surface area contributed by atoms with Crippen LogP contribution in [0.3, 0.4) is 0 Å². The Morgan fingerprint density at radius 3 is 2.74 bits per heavy atom. The molecule has 2 atom stereocenters. The number of rotatable bonds is 2. The average Bonchev–Trinajstić information content (AvgIpc) is 2.84. The molecule has 0 aliphatic carbocycles. The molecule has 1 saturated heterocycles. The minimum absolute atomic E-state index is 0.624. The van der Waals surface area contributed by atoms with Gasteiger partial charge in [-0.2, -0.15) is 11.8 Å². The van der Waals surface area contributed by atoms with Crippen LogP contribution in [0.4, 0.5) is 11.6 Å². The van der Waals surface area contributed by atoms with Crippen molar-refractivity contribution in [3.63, 3.8) is 0 Å². The normalized spacial score (nSPS) is 23.8. The molecule has 0 spiro atoms. The summed E-state index contributed by atoms with van der Waals surface area (Å²) in [5, 5.41) is 4.37. The molecule has 3 rings (SSSR count). The molecular formula is C13H19N5S. The van der Waals surface area contributed by atoms with Gasteiger partial charge in [-0.05, 0) is 0 Å². The molecule has 0 bridgehead atoms. The molecule has 0 radical (unpaired) electrons. The Labute approximate surface area is 117 Å². The molecule has 2 aromatic heterocycles. The molecule has 2 unspecified atom stereocenters. The number of thioether (sulfide) groups is 1. The summed E-state index contributed by atoms with van der Waals surface area (Å²) in [5.74, 6) is 1.86. The zero-order valence-corrected chi connectivity index (χ0v) is 12.3. The van der Waals surface area contributed by atoms with Gasteiger partial charge < -0.3 is 14.6 Å². The number of hydrogen-bond acceptors (Lipinski definition) is 5. The van der Waals surface area contributed by atoms with Crippen molar-refractivity contribution in [2.45, 2.75) is 24.3 Å². The molecule has 2 aromatic rings. The molecule has 0 saturated carbocycles. The molecule has 6 heteroatoms. The molecule has 19 heavy (non-hydrogen) atoms. The topological polar surface area (TPSA) is 45.5 Å². The summed E-state index contributed by atoms with van der Waals surface area (Å²) in [4.78, 5) is 11.5. The molecule has 1 aliphatic heterocycles. The van der Waals surface area contributed by atoms with Gasteiger partial charge in [-0.1, -0.05) is 13.8 Å². The second-order valence-electron chi connectivity index (χ2n) is 5.02. The zero-order chi connectivity index (χ0) is 13.4. The minimum Gasteiger partial charge on any atom is -0.372 e. The minimum atomic E-state index is 0.624. The van der Waals surface area contributed by atoms with Crippen LogP contribution in [0.25, 0.3) is 5.65 Å². The molecule has 3 heterocycles. The Morgan fingerprint density at radius 1 is 1.32 bits per heavy atom. The van der Waals surface area contributed by atoms with Crippen molar-refractivity contribution in [3.05, 3.63) is 18.6 Å². The third-order valence-electron chi connectivity index (χ3n) is 3.33. The third-order valence-corrected chi connectivity index (χ3v) is 4.56. The maximum atomic E-state index is 4.71. The van der Waals surface area contributed by atoms with Crippen molar-refractivity contribution < 1.29 is 0 Å². The lowest BCUT2D eigenvalue weighted by molar-refractivity contribution is 0.719. The fourth-order valence-electron chi connectivity index (χ4n) is 2.60. The maximum absolute atomic E-state index is 4.71. The van der Waals surface area contributed by atoms with E-state index < -0.39 is 0 Å². The Morgan fingerprint density at radius 2 is 2.05 bits per heavy atom. The Kier molecular flexibility index (Phi) is 3.26. The first-order valence-corrected chi connectivity index (χ1v) is 7.53. The van der Waals surface area contributed by atoms with Crippen LogP contribution in [0.2, 0.25) is 0 Å². The van der Waals surface area contributed by atoms with Crippen molar-refractivity contribution >= 4 is 29.0 Å². The van der Waals surface area contributed by atoms with Crippen molar-refractivity contribution in [1.29, 1.82) is 0 Å². The monoisotopic (exact) mass is 277 g/mol. The smallest absolute Gasteiger partial charge is 0.180 e. The van der Waals surface area contributed by atoms with Gasteiger partial charge in [0.1, 0.15) is 5.82 Å². The van der Waals surface area contributed by atoms with Crippen LogP contribution < -0.4 is 10.2 Å². The maximum Gasteiger partial charge on any atom is 0.180 e. The lowest BCUT2D eigenvalue weighted by atomic mass is 10.3. The van der Waals surface area contributed by atoms with Crippen LogP contribution in [-0.4, -0.2) is 45.0 Å². The molecule has 1 N–H and O–H groups in total. The third kappa shape index (κ3) is 2.36.